The summed E-state index contributed by atoms with van der Waals surface area (Å²) in [5.74, 6) is 0. The molecule has 0 spiro atoms. The second-order valence-electron chi connectivity index (χ2n) is 6.20. The average molecular weight is 421 g/mol. The summed E-state index contributed by atoms with van der Waals surface area (Å²) in [6, 6.07) is 16.8. The Balaban J connectivity index is 2.21. The lowest BCUT2D eigenvalue weighted by Crippen LogP contribution is -2.33. The Labute approximate surface area is 170 Å². The molecular weight excluding hydrogens is 393 g/mol. The molecule has 5 nitrogen and oxygen atoms in total. The van der Waals surface area contributed by atoms with Crippen LogP contribution in [0.1, 0.15) is 25.0 Å². The van der Waals surface area contributed by atoms with Gasteiger partial charge < -0.3 is 9.05 Å². The number of hydrogen-bond acceptors (Lipinski definition) is 4. The van der Waals surface area contributed by atoms with Crippen LogP contribution < -0.4 is 4.72 Å². The van der Waals surface area contributed by atoms with Crippen LogP contribution in [0.5, 0.6) is 0 Å². The minimum absolute atomic E-state index is 0.0929. The zero-order valence-corrected chi connectivity index (χ0v) is 18.2. The largest absolute Gasteiger partial charge is 0.332 e. The van der Waals surface area contributed by atoms with E-state index >= 15 is 0 Å². The lowest BCUT2D eigenvalue weighted by molar-refractivity contribution is 0.219. The summed E-state index contributed by atoms with van der Waals surface area (Å²) in [5.41, 5.74) is 2.09. The van der Waals surface area contributed by atoms with Crippen LogP contribution >= 0.6 is 7.60 Å². The van der Waals surface area contributed by atoms with Crippen LogP contribution in [-0.4, -0.2) is 29.6 Å². The van der Waals surface area contributed by atoms with Crippen molar-refractivity contribution in [3.8, 4) is 0 Å². The van der Waals surface area contributed by atoms with E-state index in [1.165, 1.54) is 0 Å². The van der Waals surface area contributed by atoms with Crippen molar-refractivity contribution in [2.45, 2.75) is 31.7 Å². The van der Waals surface area contributed by atoms with Crippen LogP contribution in [0.25, 0.3) is 6.08 Å². The first-order valence-electron chi connectivity index (χ1n) is 9.31. The predicted molar refractivity (Wildman–Crippen MR) is 116 cm³/mol. The molecule has 7 heteroatoms. The first kappa shape index (κ1) is 22.7. The van der Waals surface area contributed by atoms with Crippen molar-refractivity contribution in [2.24, 2.45) is 0 Å². The van der Waals surface area contributed by atoms with Crippen molar-refractivity contribution in [1.82, 2.24) is 4.72 Å². The highest BCUT2D eigenvalue weighted by Gasteiger charge is 2.28. The van der Waals surface area contributed by atoms with Gasteiger partial charge >= 0.3 is 7.60 Å². The Hall–Kier alpha value is -1.56. The van der Waals surface area contributed by atoms with Gasteiger partial charge in [-0.15, -0.1) is 0 Å². The van der Waals surface area contributed by atoms with Crippen LogP contribution in [-0.2, 0) is 24.6 Å². The molecule has 2 aromatic carbocycles. The van der Waals surface area contributed by atoms with Crippen molar-refractivity contribution < 1.29 is 17.8 Å². The standard InChI is InChI=1S/C21H28NO4PS/c1-4-25-27(23,26-5-2)17-20(14-13-19-9-7-6-8-10-19)22-28(24)21-15-11-18(3)12-16-21/h6-16,20,22H,4-5,17H2,1-3H3/b14-13+/t20-,28+/m0/s1. The fourth-order valence-corrected chi connectivity index (χ4v) is 5.42. The molecule has 2 atom stereocenters. The second-order valence-corrected chi connectivity index (χ2v) is 9.55. The van der Waals surface area contributed by atoms with Gasteiger partial charge in [-0.2, -0.15) is 0 Å². The summed E-state index contributed by atoms with van der Waals surface area (Å²) in [6.45, 7) is 6.10. The Morgan fingerprint density at radius 2 is 1.64 bits per heavy atom. The molecule has 1 N–H and O–H groups in total. The summed E-state index contributed by atoms with van der Waals surface area (Å²) in [7, 11) is -4.76. The molecule has 0 aliphatic rings. The zero-order valence-electron chi connectivity index (χ0n) is 16.5. The highest BCUT2D eigenvalue weighted by Crippen LogP contribution is 2.48. The van der Waals surface area contributed by atoms with Crippen molar-refractivity contribution in [3.05, 3.63) is 71.8 Å². The van der Waals surface area contributed by atoms with E-state index in [0.29, 0.717) is 4.90 Å². The first-order chi connectivity index (χ1) is 13.5. The number of benzene rings is 2. The zero-order chi connectivity index (χ0) is 20.4. The van der Waals surface area contributed by atoms with Gasteiger partial charge in [0.25, 0.3) is 0 Å². The normalized spacial score (nSPS) is 14.2. The highest BCUT2D eigenvalue weighted by molar-refractivity contribution is 7.83. The van der Waals surface area contributed by atoms with Crippen molar-refractivity contribution in [3.63, 3.8) is 0 Å². The Morgan fingerprint density at radius 3 is 2.21 bits per heavy atom. The van der Waals surface area contributed by atoms with E-state index in [-0.39, 0.29) is 19.4 Å². The van der Waals surface area contributed by atoms with Gasteiger partial charge in [-0.1, -0.05) is 60.2 Å². The van der Waals surface area contributed by atoms with E-state index in [9.17, 15) is 8.77 Å². The third-order valence-corrected chi connectivity index (χ3v) is 7.25. The van der Waals surface area contributed by atoms with Crippen LogP contribution in [0.4, 0.5) is 0 Å². The topological polar surface area (TPSA) is 64.6 Å². The number of rotatable bonds is 11. The van der Waals surface area contributed by atoms with Crippen molar-refractivity contribution in [2.75, 3.05) is 19.4 Å². The van der Waals surface area contributed by atoms with Gasteiger partial charge in [-0.3, -0.25) is 4.57 Å². The molecule has 0 heterocycles. The Morgan fingerprint density at radius 1 is 1.04 bits per heavy atom. The van der Waals surface area contributed by atoms with E-state index in [1.54, 1.807) is 13.8 Å². The molecule has 2 rings (SSSR count). The van der Waals surface area contributed by atoms with Crippen molar-refractivity contribution in [1.29, 1.82) is 0 Å². The minimum Gasteiger partial charge on any atom is -0.309 e. The molecule has 0 unspecified atom stereocenters. The molecule has 0 aliphatic carbocycles. The SMILES string of the molecule is CCOP(=O)(C[C@H](/C=C/c1ccccc1)N[S@](=O)c1ccc(C)cc1)OCC. The van der Waals surface area contributed by atoms with Gasteiger partial charge in [0.1, 0.15) is 11.0 Å². The lowest BCUT2D eigenvalue weighted by Gasteiger charge is -2.22. The summed E-state index contributed by atoms with van der Waals surface area (Å²) < 4.78 is 39.6. The maximum absolute atomic E-state index is 13.0. The number of hydrogen-bond donors (Lipinski definition) is 1. The molecule has 0 aromatic heterocycles. The fraction of sp³-hybridized carbons (Fsp3) is 0.333. The molecule has 0 bridgehead atoms. The van der Waals surface area contributed by atoms with Gasteiger partial charge in [-0.25, -0.2) is 8.93 Å². The second kappa shape index (κ2) is 11.4. The van der Waals surface area contributed by atoms with Crippen LogP contribution in [0, 0.1) is 6.92 Å². The Kier molecular flexibility index (Phi) is 9.29. The Bertz CT molecular complexity index is 814. The quantitative estimate of drug-likeness (QED) is 0.521. The molecule has 0 fully saturated rings. The molecule has 28 heavy (non-hydrogen) atoms. The average Bonchev–Trinajstić information content (AvgIpc) is 2.67. The van der Waals surface area contributed by atoms with E-state index in [4.69, 9.17) is 9.05 Å². The van der Waals surface area contributed by atoms with Crippen LogP contribution in [0.2, 0.25) is 0 Å². The third-order valence-electron chi connectivity index (χ3n) is 3.89. The van der Waals surface area contributed by atoms with Gasteiger partial charge in [0, 0.05) is 6.04 Å². The number of aryl methyl sites for hydroxylation is 1. The molecule has 0 amide bonds. The molecular formula is C21H28NO4PS. The minimum atomic E-state index is -3.30. The summed E-state index contributed by atoms with van der Waals surface area (Å²) >= 11 is 0. The smallest absolute Gasteiger partial charge is 0.309 e. The summed E-state index contributed by atoms with van der Waals surface area (Å²) in [4.78, 5) is 0.659. The van der Waals surface area contributed by atoms with Crippen LogP contribution in [0.3, 0.4) is 0 Å². The van der Waals surface area contributed by atoms with Gasteiger partial charge in [-0.05, 0) is 38.5 Å². The van der Waals surface area contributed by atoms with E-state index in [1.807, 2.05) is 73.7 Å². The third kappa shape index (κ3) is 7.46. The fourth-order valence-electron chi connectivity index (χ4n) is 2.57. The maximum atomic E-state index is 13.0. The number of nitrogens with one attached hydrogen (secondary N) is 1. The van der Waals surface area contributed by atoms with Crippen LogP contribution in [0.15, 0.2) is 65.6 Å². The summed E-state index contributed by atoms with van der Waals surface area (Å²) in [6.07, 6.45) is 3.86. The van der Waals surface area contributed by atoms with Gasteiger partial charge in [0.2, 0.25) is 0 Å². The van der Waals surface area contributed by atoms with E-state index in [2.05, 4.69) is 4.72 Å². The van der Waals surface area contributed by atoms with Gasteiger partial charge in [0.05, 0.1) is 24.3 Å². The molecule has 2 aromatic rings. The molecule has 0 saturated heterocycles. The molecule has 152 valence electrons. The summed E-state index contributed by atoms with van der Waals surface area (Å²) in [5, 5.41) is 0. The lowest BCUT2D eigenvalue weighted by atomic mass is 10.2. The highest BCUT2D eigenvalue weighted by atomic mass is 32.2. The molecule has 0 radical (unpaired) electrons. The maximum Gasteiger partial charge on any atom is 0.332 e. The monoisotopic (exact) mass is 421 g/mol. The molecule has 0 aliphatic heterocycles. The van der Waals surface area contributed by atoms with E-state index in [0.717, 1.165) is 11.1 Å². The van der Waals surface area contributed by atoms with Gasteiger partial charge in [0.15, 0.2) is 0 Å². The van der Waals surface area contributed by atoms with E-state index < -0.39 is 24.6 Å². The predicted octanol–water partition coefficient (Wildman–Crippen LogP) is 4.96. The van der Waals surface area contributed by atoms with Crippen molar-refractivity contribution >= 4 is 24.7 Å². The first-order valence-corrected chi connectivity index (χ1v) is 12.2. The molecule has 0 saturated carbocycles.